The maximum Gasteiger partial charge on any atom is 0.320 e. The van der Waals surface area contributed by atoms with E-state index in [1.54, 1.807) is 0 Å². The zero-order chi connectivity index (χ0) is 11.4. The number of amides is 2. The predicted molar refractivity (Wildman–Crippen MR) is 68.9 cm³/mol. The van der Waals surface area contributed by atoms with Crippen LogP contribution in [0.25, 0.3) is 0 Å². The van der Waals surface area contributed by atoms with Crippen LogP contribution < -0.4 is 0 Å². The van der Waals surface area contributed by atoms with Gasteiger partial charge >= 0.3 is 6.03 Å². The van der Waals surface area contributed by atoms with Gasteiger partial charge in [-0.1, -0.05) is 6.92 Å². The zero-order valence-electron chi connectivity index (χ0n) is 10.2. The lowest BCUT2D eigenvalue weighted by Crippen LogP contribution is -2.47. The van der Waals surface area contributed by atoms with Gasteiger partial charge in [0.2, 0.25) is 0 Å². The minimum Gasteiger partial charge on any atom is -0.324 e. The molecule has 0 N–H and O–H groups in total. The topological polar surface area (TPSA) is 23.6 Å². The van der Waals surface area contributed by atoms with Crippen molar-refractivity contribution in [3.05, 3.63) is 0 Å². The first kappa shape index (κ1) is 12.1. The predicted octanol–water partition coefficient (Wildman–Crippen LogP) is 2.28. The maximum atomic E-state index is 12.3. The van der Waals surface area contributed by atoms with Gasteiger partial charge in [0.15, 0.2) is 0 Å². The van der Waals surface area contributed by atoms with Crippen molar-refractivity contribution in [2.24, 2.45) is 5.92 Å². The summed E-state index contributed by atoms with van der Waals surface area (Å²) in [5, 5.41) is 0. The number of carbonyl (C=O) groups excluding carboxylic acids is 1. The molecule has 0 aromatic carbocycles. The maximum absolute atomic E-state index is 12.3. The highest BCUT2D eigenvalue weighted by atomic mass is 32.2. The van der Waals surface area contributed by atoms with E-state index in [-0.39, 0.29) is 6.03 Å². The molecule has 2 saturated heterocycles. The normalized spacial score (nSPS) is 27.7. The minimum absolute atomic E-state index is 0.286. The molecule has 3 nitrogen and oxygen atoms in total. The third-order valence-corrected chi connectivity index (χ3v) is 4.47. The Balaban J connectivity index is 1.89. The van der Waals surface area contributed by atoms with Gasteiger partial charge in [-0.3, -0.25) is 0 Å². The van der Waals surface area contributed by atoms with Crippen LogP contribution in [0.3, 0.4) is 0 Å². The summed E-state index contributed by atoms with van der Waals surface area (Å²) >= 11 is 1.97. The molecule has 4 heteroatoms. The Morgan fingerprint density at radius 1 is 1.12 bits per heavy atom. The van der Waals surface area contributed by atoms with Gasteiger partial charge < -0.3 is 9.80 Å². The molecule has 0 radical (unpaired) electrons. The molecule has 2 aliphatic rings. The number of urea groups is 1. The molecule has 0 saturated carbocycles. The fourth-order valence-corrected chi connectivity index (χ4v) is 3.39. The van der Waals surface area contributed by atoms with E-state index in [1.807, 2.05) is 11.8 Å². The first-order valence-corrected chi connectivity index (χ1v) is 7.54. The molecule has 16 heavy (non-hydrogen) atoms. The van der Waals surface area contributed by atoms with E-state index < -0.39 is 0 Å². The van der Waals surface area contributed by atoms with Crippen LogP contribution >= 0.6 is 11.8 Å². The molecular weight excluding hydrogens is 220 g/mol. The number of hydrogen-bond donors (Lipinski definition) is 0. The highest BCUT2D eigenvalue weighted by Gasteiger charge is 2.25. The molecule has 2 heterocycles. The Morgan fingerprint density at radius 2 is 1.94 bits per heavy atom. The first-order valence-electron chi connectivity index (χ1n) is 6.39. The zero-order valence-corrected chi connectivity index (χ0v) is 11.0. The van der Waals surface area contributed by atoms with E-state index in [9.17, 15) is 4.79 Å². The van der Waals surface area contributed by atoms with E-state index in [2.05, 4.69) is 16.7 Å². The van der Waals surface area contributed by atoms with Crippen LogP contribution in [0.4, 0.5) is 4.79 Å². The van der Waals surface area contributed by atoms with Crippen molar-refractivity contribution in [2.45, 2.75) is 26.2 Å². The summed E-state index contributed by atoms with van der Waals surface area (Å²) in [5.41, 5.74) is 0. The van der Waals surface area contributed by atoms with Crippen molar-refractivity contribution >= 4 is 17.8 Å². The Hall–Kier alpha value is -0.380. The second kappa shape index (κ2) is 5.80. The smallest absolute Gasteiger partial charge is 0.320 e. The standard InChI is InChI=1S/C12H22N2OS/c1-11-4-2-5-14(10-11)12(15)13-6-3-8-16-9-7-13/h11H,2-10H2,1H3. The highest BCUT2D eigenvalue weighted by molar-refractivity contribution is 7.99. The molecule has 2 fully saturated rings. The number of nitrogens with zero attached hydrogens (tertiary/aromatic N) is 2. The van der Waals surface area contributed by atoms with Gasteiger partial charge in [0.05, 0.1) is 0 Å². The van der Waals surface area contributed by atoms with Crippen LogP contribution in [-0.4, -0.2) is 53.5 Å². The summed E-state index contributed by atoms with van der Waals surface area (Å²) in [7, 11) is 0. The van der Waals surface area contributed by atoms with Crippen LogP contribution in [0.2, 0.25) is 0 Å². The van der Waals surface area contributed by atoms with E-state index in [4.69, 9.17) is 0 Å². The molecule has 1 atom stereocenters. The summed E-state index contributed by atoms with van der Waals surface area (Å²) in [6.07, 6.45) is 3.61. The first-order chi connectivity index (χ1) is 7.77. The molecule has 1 unspecified atom stereocenters. The number of hydrogen-bond acceptors (Lipinski definition) is 2. The van der Waals surface area contributed by atoms with Gasteiger partial charge in [0, 0.05) is 31.9 Å². The molecule has 0 bridgehead atoms. The van der Waals surface area contributed by atoms with Crippen LogP contribution in [-0.2, 0) is 0 Å². The van der Waals surface area contributed by atoms with Gasteiger partial charge in [-0.2, -0.15) is 11.8 Å². The molecule has 2 amide bonds. The van der Waals surface area contributed by atoms with Crippen LogP contribution in [0.1, 0.15) is 26.2 Å². The molecule has 2 rings (SSSR count). The van der Waals surface area contributed by atoms with Crippen molar-refractivity contribution in [1.29, 1.82) is 0 Å². The van der Waals surface area contributed by atoms with Crippen molar-refractivity contribution in [3.8, 4) is 0 Å². The summed E-state index contributed by atoms with van der Waals surface area (Å²) in [4.78, 5) is 16.4. The van der Waals surface area contributed by atoms with Gasteiger partial charge in [0.1, 0.15) is 0 Å². The van der Waals surface area contributed by atoms with Gasteiger partial charge in [-0.15, -0.1) is 0 Å². The number of piperidine rings is 1. The van der Waals surface area contributed by atoms with Gasteiger partial charge in [-0.05, 0) is 30.9 Å². The molecule has 0 aromatic rings. The SMILES string of the molecule is CC1CCCN(C(=O)N2CCCSCC2)C1. The molecule has 0 aromatic heterocycles. The Bertz CT molecular complexity index is 235. The van der Waals surface area contributed by atoms with E-state index >= 15 is 0 Å². The fourth-order valence-electron chi connectivity index (χ4n) is 2.50. The lowest BCUT2D eigenvalue weighted by molar-refractivity contribution is 0.134. The third-order valence-electron chi connectivity index (χ3n) is 3.42. The molecule has 92 valence electrons. The van der Waals surface area contributed by atoms with E-state index in [1.165, 1.54) is 18.6 Å². The van der Waals surface area contributed by atoms with Crippen LogP contribution in [0, 0.1) is 5.92 Å². The lowest BCUT2D eigenvalue weighted by atomic mass is 10.0. The van der Waals surface area contributed by atoms with Crippen molar-refractivity contribution in [2.75, 3.05) is 37.7 Å². The van der Waals surface area contributed by atoms with Gasteiger partial charge in [-0.25, -0.2) is 4.79 Å². The van der Waals surface area contributed by atoms with Crippen molar-refractivity contribution in [1.82, 2.24) is 9.80 Å². The average Bonchev–Trinajstić information content (AvgIpc) is 2.56. The lowest BCUT2D eigenvalue weighted by Gasteiger charge is -2.35. The van der Waals surface area contributed by atoms with Crippen LogP contribution in [0.15, 0.2) is 0 Å². The van der Waals surface area contributed by atoms with Crippen molar-refractivity contribution < 1.29 is 4.79 Å². The number of carbonyl (C=O) groups is 1. The molecule has 0 spiro atoms. The van der Waals surface area contributed by atoms with Gasteiger partial charge in [0.25, 0.3) is 0 Å². The Morgan fingerprint density at radius 3 is 2.75 bits per heavy atom. The average molecular weight is 242 g/mol. The molecule has 2 aliphatic heterocycles. The number of thioether (sulfide) groups is 1. The summed E-state index contributed by atoms with van der Waals surface area (Å²) < 4.78 is 0. The monoisotopic (exact) mass is 242 g/mol. The second-order valence-corrected chi connectivity index (χ2v) is 6.15. The van der Waals surface area contributed by atoms with Crippen LogP contribution in [0.5, 0.6) is 0 Å². The largest absolute Gasteiger partial charge is 0.324 e. The summed E-state index contributed by atoms with van der Waals surface area (Å²) in [5.74, 6) is 2.99. The van der Waals surface area contributed by atoms with Crippen molar-refractivity contribution in [3.63, 3.8) is 0 Å². The minimum atomic E-state index is 0.286. The number of rotatable bonds is 0. The third kappa shape index (κ3) is 3.06. The van der Waals surface area contributed by atoms with E-state index in [0.29, 0.717) is 5.92 Å². The van der Waals surface area contributed by atoms with E-state index in [0.717, 1.165) is 38.4 Å². The Kier molecular flexibility index (Phi) is 4.38. The molecular formula is C12H22N2OS. The molecule has 0 aliphatic carbocycles. The highest BCUT2D eigenvalue weighted by Crippen LogP contribution is 2.18. The summed E-state index contributed by atoms with van der Waals surface area (Å²) in [6, 6.07) is 0.286. The summed E-state index contributed by atoms with van der Waals surface area (Å²) in [6.45, 7) is 6.07. The number of likely N-dealkylation sites (tertiary alicyclic amines) is 1. The second-order valence-electron chi connectivity index (χ2n) is 4.93. The quantitative estimate of drug-likeness (QED) is 0.650. The fraction of sp³-hybridized carbons (Fsp3) is 0.917. The Labute approximate surface area is 103 Å².